The van der Waals surface area contributed by atoms with Gasteiger partial charge in [0.1, 0.15) is 5.75 Å². The van der Waals surface area contributed by atoms with Gasteiger partial charge in [-0.05, 0) is 24.0 Å². The van der Waals surface area contributed by atoms with Gasteiger partial charge in [0.25, 0.3) is 0 Å². The van der Waals surface area contributed by atoms with Crippen LogP contribution in [0.15, 0.2) is 24.3 Å². The van der Waals surface area contributed by atoms with Crippen molar-refractivity contribution in [1.82, 2.24) is 0 Å². The SMILES string of the molecule is CCCOc1ccccc1C(=O)C(N)C(C)(C)C. The van der Waals surface area contributed by atoms with Crippen molar-refractivity contribution in [3.05, 3.63) is 29.8 Å². The van der Waals surface area contributed by atoms with Crippen LogP contribution in [0.2, 0.25) is 0 Å². The summed E-state index contributed by atoms with van der Waals surface area (Å²) in [6.45, 7) is 8.53. The number of rotatable bonds is 5. The second kappa shape index (κ2) is 6.01. The van der Waals surface area contributed by atoms with Crippen LogP contribution in [-0.2, 0) is 0 Å². The molecule has 1 unspecified atom stereocenters. The molecule has 2 N–H and O–H groups in total. The Labute approximate surface area is 109 Å². The van der Waals surface area contributed by atoms with Gasteiger partial charge in [0.2, 0.25) is 0 Å². The lowest BCUT2D eigenvalue weighted by Crippen LogP contribution is -2.42. The van der Waals surface area contributed by atoms with Gasteiger partial charge in [-0.25, -0.2) is 0 Å². The molecule has 0 saturated heterocycles. The molecule has 0 amide bonds. The zero-order chi connectivity index (χ0) is 13.8. The minimum Gasteiger partial charge on any atom is -0.493 e. The lowest BCUT2D eigenvalue weighted by atomic mass is 9.83. The standard InChI is InChI=1S/C15H23NO2/c1-5-10-18-12-9-7-6-8-11(12)13(17)14(16)15(2,3)4/h6-9,14H,5,10,16H2,1-4H3. The van der Waals surface area contributed by atoms with Gasteiger partial charge in [0, 0.05) is 0 Å². The maximum atomic E-state index is 12.4. The molecule has 0 spiro atoms. The van der Waals surface area contributed by atoms with Gasteiger partial charge in [-0.1, -0.05) is 39.8 Å². The van der Waals surface area contributed by atoms with Gasteiger partial charge in [-0.15, -0.1) is 0 Å². The predicted octanol–water partition coefficient (Wildman–Crippen LogP) is 3.03. The quantitative estimate of drug-likeness (QED) is 0.816. The van der Waals surface area contributed by atoms with Crippen LogP contribution in [0.1, 0.15) is 44.5 Å². The zero-order valence-electron chi connectivity index (χ0n) is 11.7. The average molecular weight is 249 g/mol. The van der Waals surface area contributed by atoms with Crippen LogP contribution in [0.5, 0.6) is 5.75 Å². The molecule has 0 aliphatic rings. The highest BCUT2D eigenvalue weighted by molar-refractivity contribution is 6.02. The Balaban J connectivity index is 2.98. The first-order valence-corrected chi connectivity index (χ1v) is 6.39. The first-order chi connectivity index (χ1) is 8.38. The number of benzene rings is 1. The molecule has 0 aromatic heterocycles. The van der Waals surface area contributed by atoms with Crippen LogP contribution in [0, 0.1) is 5.41 Å². The van der Waals surface area contributed by atoms with Crippen molar-refractivity contribution in [3.8, 4) is 5.75 Å². The minimum atomic E-state index is -0.524. The number of hydrogen-bond acceptors (Lipinski definition) is 3. The average Bonchev–Trinajstić information content (AvgIpc) is 2.33. The van der Waals surface area contributed by atoms with Crippen molar-refractivity contribution in [2.75, 3.05) is 6.61 Å². The fourth-order valence-corrected chi connectivity index (χ4v) is 1.57. The number of hydrogen-bond donors (Lipinski definition) is 1. The zero-order valence-corrected chi connectivity index (χ0v) is 11.7. The molecule has 0 bridgehead atoms. The van der Waals surface area contributed by atoms with E-state index in [0.717, 1.165) is 6.42 Å². The number of para-hydroxylation sites is 1. The molecule has 18 heavy (non-hydrogen) atoms. The Hall–Kier alpha value is -1.35. The molecule has 100 valence electrons. The van der Waals surface area contributed by atoms with Crippen molar-refractivity contribution in [1.29, 1.82) is 0 Å². The highest BCUT2D eigenvalue weighted by Gasteiger charge is 2.29. The van der Waals surface area contributed by atoms with E-state index in [9.17, 15) is 4.79 Å². The summed E-state index contributed by atoms with van der Waals surface area (Å²) in [5.41, 5.74) is 6.34. The fraction of sp³-hybridized carbons (Fsp3) is 0.533. The van der Waals surface area contributed by atoms with E-state index >= 15 is 0 Å². The van der Waals surface area contributed by atoms with E-state index in [0.29, 0.717) is 17.9 Å². The molecule has 3 heteroatoms. The summed E-state index contributed by atoms with van der Waals surface area (Å²) in [5.74, 6) is 0.568. The van der Waals surface area contributed by atoms with Gasteiger partial charge in [-0.3, -0.25) is 4.79 Å². The maximum Gasteiger partial charge on any atom is 0.183 e. The summed E-state index contributed by atoms with van der Waals surface area (Å²) in [4.78, 5) is 12.4. The Bertz CT molecular complexity index is 407. The Morgan fingerprint density at radius 1 is 1.33 bits per heavy atom. The van der Waals surface area contributed by atoms with E-state index in [1.54, 1.807) is 6.07 Å². The summed E-state index contributed by atoms with van der Waals surface area (Å²) >= 11 is 0. The van der Waals surface area contributed by atoms with Gasteiger partial charge in [-0.2, -0.15) is 0 Å². The molecule has 0 aliphatic heterocycles. The molecule has 1 aromatic carbocycles. The van der Waals surface area contributed by atoms with Crippen LogP contribution in [0.4, 0.5) is 0 Å². The summed E-state index contributed by atoms with van der Waals surface area (Å²) in [5, 5.41) is 0. The van der Waals surface area contributed by atoms with Crippen LogP contribution in [-0.4, -0.2) is 18.4 Å². The molecule has 0 aliphatic carbocycles. The smallest absolute Gasteiger partial charge is 0.183 e. The lowest BCUT2D eigenvalue weighted by Gasteiger charge is -2.26. The van der Waals surface area contributed by atoms with Crippen molar-refractivity contribution in [2.45, 2.75) is 40.2 Å². The number of ether oxygens (including phenoxy) is 1. The molecule has 0 radical (unpaired) electrons. The van der Waals surface area contributed by atoms with Crippen LogP contribution in [0.25, 0.3) is 0 Å². The van der Waals surface area contributed by atoms with E-state index in [4.69, 9.17) is 10.5 Å². The van der Waals surface area contributed by atoms with Crippen molar-refractivity contribution >= 4 is 5.78 Å². The molecule has 0 heterocycles. The fourth-order valence-electron chi connectivity index (χ4n) is 1.57. The monoisotopic (exact) mass is 249 g/mol. The third-order valence-electron chi connectivity index (χ3n) is 2.83. The van der Waals surface area contributed by atoms with Crippen molar-refractivity contribution in [2.24, 2.45) is 11.1 Å². The number of Topliss-reactive ketones (excluding diaryl/α,β-unsaturated/α-hetero) is 1. The van der Waals surface area contributed by atoms with E-state index in [2.05, 4.69) is 0 Å². The van der Waals surface area contributed by atoms with Gasteiger partial charge in [0.05, 0.1) is 18.2 Å². The predicted molar refractivity (Wildman–Crippen MR) is 74.0 cm³/mol. The largest absolute Gasteiger partial charge is 0.493 e. The molecule has 1 rings (SSSR count). The summed E-state index contributed by atoms with van der Waals surface area (Å²) in [7, 11) is 0. The second-order valence-corrected chi connectivity index (χ2v) is 5.55. The molecular formula is C15H23NO2. The maximum absolute atomic E-state index is 12.4. The van der Waals surface area contributed by atoms with Crippen molar-refractivity contribution < 1.29 is 9.53 Å². The molecule has 1 aromatic rings. The van der Waals surface area contributed by atoms with Crippen LogP contribution >= 0.6 is 0 Å². The molecule has 3 nitrogen and oxygen atoms in total. The van der Waals surface area contributed by atoms with Crippen LogP contribution in [0.3, 0.4) is 0 Å². The highest BCUT2D eigenvalue weighted by Crippen LogP contribution is 2.25. The molecule has 0 saturated carbocycles. The highest BCUT2D eigenvalue weighted by atomic mass is 16.5. The topological polar surface area (TPSA) is 52.3 Å². The Morgan fingerprint density at radius 2 is 1.94 bits per heavy atom. The number of ketones is 1. The third-order valence-corrected chi connectivity index (χ3v) is 2.83. The first-order valence-electron chi connectivity index (χ1n) is 6.39. The molecular weight excluding hydrogens is 226 g/mol. The van der Waals surface area contributed by atoms with Crippen LogP contribution < -0.4 is 10.5 Å². The number of nitrogens with two attached hydrogens (primary N) is 1. The van der Waals surface area contributed by atoms with Gasteiger partial charge >= 0.3 is 0 Å². The third kappa shape index (κ3) is 3.57. The summed E-state index contributed by atoms with van der Waals surface area (Å²) in [6.07, 6.45) is 0.911. The van der Waals surface area contributed by atoms with Gasteiger partial charge in [0.15, 0.2) is 5.78 Å². The van der Waals surface area contributed by atoms with E-state index in [1.807, 2.05) is 45.9 Å². The Kier molecular flexibility index (Phi) is 4.91. The molecule has 0 fully saturated rings. The van der Waals surface area contributed by atoms with E-state index in [-0.39, 0.29) is 11.2 Å². The summed E-state index contributed by atoms with van der Waals surface area (Å²) < 4.78 is 5.59. The lowest BCUT2D eigenvalue weighted by molar-refractivity contribution is 0.0897. The van der Waals surface area contributed by atoms with Gasteiger partial charge < -0.3 is 10.5 Å². The summed E-state index contributed by atoms with van der Waals surface area (Å²) in [6, 6.07) is 6.77. The Morgan fingerprint density at radius 3 is 2.50 bits per heavy atom. The van der Waals surface area contributed by atoms with Crippen molar-refractivity contribution in [3.63, 3.8) is 0 Å². The number of carbonyl (C=O) groups is 1. The molecule has 1 atom stereocenters. The first kappa shape index (κ1) is 14.7. The minimum absolute atomic E-state index is 0.0609. The van der Waals surface area contributed by atoms with E-state index in [1.165, 1.54) is 0 Å². The second-order valence-electron chi connectivity index (χ2n) is 5.55. The number of carbonyl (C=O) groups excluding carboxylic acids is 1. The normalized spacial score (nSPS) is 13.2. The van der Waals surface area contributed by atoms with E-state index < -0.39 is 6.04 Å².